The highest BCUT2D eigenvalue weighted by Crippen LogP contribution is 2.14. The van der Waals surface area contributed by atoms with Crippen LogP contribution in [0.15, 0.2) is 0 Å². The monoisotopic (exact) mass is 300 g/mol. The summed E-state index contributed by atoms with van der Waals surface area (Å²) < 4.78 is 10.1. The van der Waals surface area contributed by atoms with Crippen molar-refractivity contribution in [3.63, 3.8) is 0 Å². The lowest BCUT2D eigenvalue weighted by Gasteiger charge is -2.25. The molecule has 1 saturated heterocycles. The van der Waals surface area contributed by atoms with E-state index in [0.29, 0.717) is 19.6 Å². The van der Waals surface area contributed by atoms with E-state index in [-0.39, 0.29) is 36.7 Å². The lowest BCUT2D eigenvalue weighted by molar-refractivity contribution is -0.142. The SMILES string of the molecule is COC(=O)CCN(CC1CCCO1)C(=O)CCNC(C)=O. The van der Waals surface area contributed by atoms with Crippen LogP contribution >= 0.6 is 0 Å². The zero-order valence-electron chi connectivity index (χ0n) is 12.7. The van der Waals surface area contributed by atoms with Gasteiger partial charge in [0, 0.05) is 39.6 Å². The smallest absolute Gasteiger partial charge is 0.307 e. The van der Waals surface area contributed by atoms with Gasteiger partial charge in [-0.05, 0) is 12.8 Å². The second-order valence-corrected chi connectivity index (χ2v) is 5.03. The molecule has 2 amide bonds. The van der Waals surface area contributed by atoms with E-state index in [4.69, 9.17) is 4.74 Å². The Hall–Kier alpha value is -1.63. The van der Waals surface area contributed by atoms with Gasteiger partial charge in [-0.3, -0.25) is 14.4 Å². The molecule has 120 valence electrons. The first-order valence-corrected chi connectivity index (χ1v) is 7.23. The first-order valence-electron chi connectivity index (χ1n) is 7.23. The molecule has 1 fully saturated rings. The van der Waals surface area contributed by atoms with Gasteiger partial charge >= 0.3 is 5.97 Å². The molecule has 1 aliphatic heterocycles. The molecule has 1 rings (SSSR count). The maximum Gasteiger partial charge on any atom is 0.307 e. The molecule has 1 aliphatic rings. The summed E-state index contributed by atoms with van der Waals surface area (Å²) in [5, 5.41) is 2.59. The van der Waals surface area contributed by atoms with Crippen LogP contribution in [-0.2, 0) is 23.9 Å². The third-order valence-electron chi connectivity index (χ3n) is 3.33. The maximum atomic E-state index is 12.2. The summed E-state index contributed by atoms with van der Waals surface area (Å²) in [5.74, 6) is -0.604. The first-order chi connectivity index (χ1) is 10.0. The maximum absolute atomic E-state index is 12.2. The Labute approximate surface area is 124 Å². The van der Waals surface area contributed by atoms with Gasteiger partial charge in [-0.1, -0.05) is 0 Å². The number of hydrogen-bond acceptors (Lipinski definition) is 5. The van der Waals surface area contributed by atoms with E-state index in [1.165, 1.54) is 14.0 Å². The number of hydrogen-bond donors (Lipinski definition) is 1. The number of carbonyl (C=O) groups is 3. The molecule has 0 aromatic carbocycles. The Kier molecular flexibility index (Phi) is 7.74. The van der Waals surface area contributed by atoms with Gasteiger partial charge in [0.2, 0.25) is 11.8 Å². The highest BCUT2D eigenvalue weighted by molar-refractivity contribution is 5.78. The molecule has 0 spiro atoms. The van der Waals surface area contributed by atoms with E-state index >= 15 is 0 Å². The molecule has 7 nitrogen and oxygen atoms in total. The minimum absolute atomic E-state index is 0.0346. The summed E-state index contributed by atoms with van der Waals surface area (Å²) in [4.78, 5) is 35.8. The van der Waals surface area contributed by atoms with E-state index in [1.54, 1.807) is 4.90 Å². The van der Waals surface area contributed by atoms with Crippen LogP contribution in [0.4, 0.5) is 0 Å². The van der Waals surface area contributed by atoms with Crippen molar-refractivity contribution in [2.24, 2.45) is 0 Å². The van der Waals surface area contributed by atoms with Crippen molar-refractivity contribution < 1.29 is 23.9 Å². The zero-order valence-corrected chi connectivity index (χ0v) is 12.7. The molecular formula is C14H24N2O5. The van der Waals surface area contributed by atoms with Crippen LogP contribution in [0.2, 0.25) is 0 Å². The molecular weight excluding hydrogens is 276 g/mol. The number of nitrogens with one attached hydrogen (secondary N) is 1. The Bertz CT molecular complexity index is 366. The van der Waals surface area contributed by atoms with Crippen LogP contribution in [0.1, 0.15) is 32.6 Å². The highest BCUT2D eigenvalue weighted by atomic mass is 16.5. The summed E-state index contributed by atoms with van der Waals surface area (Å²) in [6.45, 7) is 3.22. The van der Waals surface area contributed by atoms with Crippen LogP contribution in [-0.4, -0.2) is 62.1 Å². The third kappa shape index (κ3) is 7.08. The standard InChI is InChI=1S/C14H24N2O5/c1-11(17)15-7-5-13(18)16(8-6-14(19)20-2)10-12-4-3-9-21-12/h12H,3-10H2,1-2H3,(H,15,17). The largest absolute Gasteiger partial charge is 0.469 e. The molecule has 0 bridgehead atoms. The molecule has 0 radical (unpaired) electrons. The summed E-state index contributed by atoms with van der Waals surface area (Å²) in [6, 6.07) is 0. The number of rotatable bonds is 8. The lowest BCUT2D eigenvalue weighted by Crippen LogP contribution is -2.40. The van der Waals surface area contributed by atoms with Gasteiger partial charge < -0.3 is 19.7 Å². The van der Waals surface area contributed by atoms with Crippen molar-refractivity contribution in [2.75, 3.05) is 33.4 Å². The van der Waals surface area contributed by atoms with Crippen molar-refractivity contribution >= 4 is 17.8 Å². The van der Waals surface area contributed by atoms with Gasteiger partial charge in [0.1, 0.15) is 0 Å². The van der Waals surface area contributed by atoms with Crippen molar-refractivity contribution in [3.05, 3.63) is 0 Å². The summed E-state index contributed by atoms with van der Waals surface area (Å²) in [7, 11) is 1.32. The minimum atomic E-state index is -0.345. The number of methoxy groups -OCH3 is 1. The predicted molar refractivity (Wildman–Crippen MR) is 75.5 cm³/mol. The molecule has 21 heavy (non-hydrogen) atoms. The fourth-order valence-corrected chi connectivity index (χ4v) is 2.18. The molecule has 1 heterocycles. The van der Waals surface area contributed by atoms with Crippen molar-refractivity contribution in [2.45, 2.75) is 38.7 Å². The quantitative estimate of drug-likeness (QED) is 0.642. The number of ether oxygens (including phenoxy) is 2. The van der Waals surface area contributed by atoms with E-state index in [2.05, 4.69) is 10.1 Å². The van der Waals surface area contributed by atoms with Crippen LogP contribution in [0.25, 0.3) is 0 Å². The molecule has 1 unspecified atom stereocenters. The molecule has 1 atom stereocenters. The van der Waals surface area contributed by atoms with Crippen molar-refractivity contribution in [1.29, 1.82) is 0 Å². The van der Waals surface area contributed by atoms with E-state index in [0.717, 1.165) is 19.4 Å². The second-order valence-electron chi connectivity index (χ2n) is 5.03. The molecule has 0 saturated carbocycles. The van der Waals surface area contributed by atoms with Crippen LogP contribution in [0.5, 0.6) is 0 Å². The topological polar surface area (TPSA) is 84.9 Å². The third-order valence-corrected chi connectivity index (χ3v) is 3.33. The fraction of sp³-hybridized carbons (Fsp3) is 0.786. The molecule has 1 N–H and O–H groups in total. The Balaban J connectivity index is 2.45. The lowest BCUT2D eigenvalue weighted by atomic mass is 10.2. The van der Waals surface area contributed by atoms with Gasteiger partial charge in [-0.2, -0.15) is 0 Å². The summed E-state index contributed by atoms with van der Waals surface area (Å²) in [6.07, 6.45) is 2.33. The van der Waals surface area contributed by atoms with E-state index in [9.17, 15) is 14.4 Å². The fourth-order valence-electron chi connectivity index (χ4n) is 2.18. The Morgan fingerprint density at radius 2 is 2.10 bits per heavy atom. The number of amides is 2. The normalized spacial score (nSPS) is 17.3. The molecule has 7 heteroatoms. The summed E-state index contributed by atoms with van der Waals surface area (Å²) >= 11 is 0. The number of nitrogens with zero attached hydrogens (tertiary/aromatic N) is 1. The van der Waals surface area contributed by atoms with Crippen LogP contribution in [0.3, 0.4) is 0 Å². The van der Waals surface area contributed by atoms with Gasteiger partial charge in [-0.15, -0.1) is 0 Å². The average Bonchev–Trinajstić information content (AvgIpc) is 2.95. The second kappa shape index (κ2) is 9.33. The zero-order chi connectivity index (χ0) is 15.7. The van der Waals surface area contributed by atoms with Gasteiger partial charge in [-0.25, -0.2) is 0 Å². The highest BCUT2D eigenvalue weighted by Gasteiger charge is 2.23. The van der Waals surface area contributed by atoms with Crippen molar-refractivity contribution in [1.82, 2.24) is 10.2 Å². The molecule has 0 aromatic heterocycles. The minimum Gasteiger partial charge on any atom is -0.469 e. The number of esters is 1. The van der Waals surface area contributed by atoms with Crippen molar-refractivity contribution in [3.8, 4) is 0 Å². The van der Waals surface area contributed by atoms with Gasteiger partial charge in [0.05, 0.1) is 19.6 Å². The van der Waals surface area contributed by atoms with E-state index < -0.39 is 0 Å². The van der Waals surface area contributed by atoms with Gasteiger partial charge in [0.25, 0.3) is 0 Å². The Morgan fingerprint density at radius 3 is 2.67 bits per heavy atom. The Morgan fingerprint density at radius 1 is 1.33 bits per heavy atom. The molecule has 0 aliphatic carbocycles. The van der Waals surface area contributed by atoms with Crippen LogP contribution in [0, 0.1) is 0 Å². The van der Waals surface area contributed by atoms with Crippen LogP contribution < -0.4 is 5.32 Å². The van der Waals surface area contributed by atoms with Gasteiger partial charge in [0.15, 0.2) is 0 Å². The molecule has 0 aromatic rings. The predicted octanol–water partition coefficient (Wildman–Crippen LogP) is 0.0833. The summed E-state index contributed by atoms with van der Waals surface area (Å²) in [5.41, 5.74) is 0. The number of carbonyl (C=O) groups excluding carboxylic acids is 3. The first kappa shape index (κ1) is 17.4. The average molecular weight is 300 g/mol. The van der Waals surface area contributed by atoms with E-state index in [1.807, 2.05) is 0 Å².